The van der Waals surface area contributed by atoms with Crippen molar-refractivity contribution in [1.82, 2.24) is 0 Å². The molecule has 1 heterocycles. The van der Waals surface area contributed by atoms with Gasteiger partial charge in [0, 0.05) is 0 Å². The summed E-state index contributed by atoms with van der Waals surface area (Å²) < 4.78 is 72.1. The molecule has 3 aromatic carbocycles. The molecule has 172 valence electrons. The molecule has 33 heavy (non-hydrogen) atoms. The average molecular weight is 476 g/mol. The van der Waals surface area contributed by atoms with Crippen molar-refractivity contribution in [2.24, 2.45) is 0 Å². The number of halogens is 3. The first-order valence-electron chi connectivity index (χ1n) is 9.98. The van der Waals surface area contributed by atoms with Gasteiger partial charge in [0.25, 0.3) is 10.0 Å². The van der Waals surface area contributed by atoms with Crippen LogP contribution in [0.15, 0.2) is 77.7 Å². The number of rotatable bonds is 5. The van der Waals surface area contributed by atoms with E-state index in [2.05, 4.69) is 0 Å². The highest BCUT2D eigenvalue weighted by Gasteiger charge is 2.42. The summed E-state index contributed by atoms with van der Waals surface area (Å²) in [5, 5.41) is 0. The molecule has 2 amide bonds. The summed E-state index contributed by atoms with van der Waals surface area (Å²) in [6.45, 7) is 1.97. The number of carbonyl (C=O) groups is 1. The van der Waals surface area contributed by atoms with Crippen molar-refractivity contribution in [2.75, 3.05) is 15.8 Å². The number of carbonyl (C=O) groups excluding carboxylic acids is 1. The molecule has 6 nitrogen and oxygen atoms in total. The summed E-state index contributed by atoms with van der Waals surface area (Å²) in [6.07, 6.45) is -4.54. The maximum Gasteiger partial charge on any atom is 0.416 e. The minimum Gasteiger partial charge on any atom is -0.494 e. The van der Waals surface area contributed by atoms with Crippen molar-refractivity contribution < 1.29 is 31.1 Å². The maximum absolute atomic E-state index is 13.4. The van der Waals surface area contributed by atoms with E-state index in [4.69, 9.17) is 4.74 Å². The predicted octanol–water partition coefficient (Wildman–Crippen LogP) is 5.44. The van der Waals surface area contributed by atoms with Gasteiger partial charge in [0.05, 0.1) is 30.1 Å². The summed E-state index contributed by atoms with van der Waals surface area (Å²) in [5.74, 6) is 0.504. The van der Waals surface area contributed by atoms with Crippen molar-refractivity contribution in [2.45, 2.75) is 24.5 Å². The monoisotopic (exact) mass is 476 g/mol. The first kappa shape index (κ1) is 22.7. The van der Waals surface area contributed by atoms with Crippen LogP contribution in [-0.4, -0.2) is 21.1 Å². The molecular weight excluding hydrogens is 457 g/mol. The first-order valence-corrected chi connectivity index (χ1v) is 11.4. The topological polar surface area (TPSA) is 66.9 Å². The van der Waals surface area contributed by atoms with Crippen LogP contribution in [0.1, 0.15) is 18.1 Å². The Morgan fingerprint density at radius 2 is 1.64 bits per heavy atom. The standard InChI is InChI=1S/C23H19F3N2O4S/c1-2-32-19-12-10-18(11-13-19)28-22(29)27(20-8-3-4-9-21(20)33(28,30)31)15-16-6-5-7-17(14-16)23(24,25)26/h3-14H,2,15H2,1H3. The Morgan fingerprint density at radius 3 is 2.30 bits per heavy atom. The van der Waals surface area contributed by atoms with E-state index >= 15 is 0 Å². The second kappa shape index (κ2) is 8.43. The van der Waals surface area contributed by atoms with E-state index in [-0.39, 0.29) is 28.4 Å². The number of fused-ring (bicyclic) bond motifs is 1. The highest BCUT2D eigenvalue weighted by molar-refractivity contribution is 7.94. The molecule has 0 bridgehead atoms. The Kier molecular flexibility index (Phi) is 5.79. The predicted molar refractivity (Wildman–Crippen MR) is 117 cm³/mol. The molecule has 0 N–H and O–H groups in total. The smallest absolute Gasteiger partial charge is 0.416 e. The SMILES string of the molecule is CCOc1ccc(N2C(=O)N(Cc3cccc(C(F)(F)F)c3)c3ccccc3S2(=O)=O)cc1. The van der Waals surface area contributed by atoms with Crippen molar-refractivity contribution in [3.63, 3.8) is 0 Å². The van der Waals surface area contributed by atoms with E-state index in [0.29, 0.717) is 16.7 Å². The number of sulfonamides is 1. The van der Waals surface area contributed by atoms with E-state index in [1.54, 1.807) is 25.1 Å². The van der Waals surface area contributed by atoms with Gasteiger partial charge in [0.2, 0.25) is 0 Å². The third-order valence-electron chi connectivity index (χ3n) is 5.06. The summed E-state index contributed by atoms with van der Waals surface area (Å²) in [7, 11) is -4.25. The van der Waals surface area contributed by atoms with E-state index in [1.807, 2.05) is 0 Å². The second-order valence-electron chi connectivity index (χ2n) is 7.23. The molecule has 10 heteroatoms. The first-order chi connectivity index (χ1) is 15.6. The molecule has 0 atom stereocenters. The fourth-order valence-corrected chi connectivity index (χ4v) is 5.18. The normalized spacial score (nSPS) is 15.3. The van der Waals surface area contributed by atoms with Gasteiger partial charge in [-0.05, 0) is 61.0 Å². The van der Waals surface area contributed by atoms with Gasteiger partial charge in [-0.25, -0.2) is 13.2 Å². The molecule has 0 fully saturated rings. The van der Waals surface area contributed by atoms with Crippen LogP contribution in [0.25, 0.3) is 0 Å². The van der Waals surface area contributed by atoms with Crippen LogP contribution >= 0.6 is 0 Å². The van der Waals surface area contributed by atoms with E-state index in [9.17, 15) is 26.4 Å². The lowest BCUT2D eigenvalue weighted by Crippen LogP contribution is -2.50. The molecule has 0 spiro atoms. The molecule has 0 unspecified atom stereocenters. The van der Waals surface area contributed by atoms with Crippen LogP contribution < -0.4 is 13.9 Å². The maximum atomic E-state index is 13.4. The molecule has 0 saturated carbocycles. The van der Waals surface area contributed by atoms with Gasteiger partial charge in [-0.1, -0.05) is 24.3 Å². The largest absolute Gasteiger partial charge is 0.494 e. The Morgan fingerprint density at radius 1 is 0.939 bits per heavy atom. The summed E-state index contributed by atoms with van der Waals surface area (Å²) in [5.41, 5.74) is -0.457. The van der Waals surface area contributed by atoms with Crippen LogP contribution in [0.2, 0.25) is 0 Å². The Bertz CT molecular complexity index is 1290. The molecule has 0 aliphatic carbocycles. The summed E-state index contributed by atoms with van der Waals surface area (Å²) >= 11 is 0. The van der Waals surface area contributed by atoms with Crippen molar-refractivity contribution in [3.05, 3.63) is 83.9 Å². The van der Waals surface area contributed by atoms with Crippen LogP contribution in [-0.2, 0) is 22.7 Å². The number of hydrogen-bond acceptors (Lipinski definition) is 4. The number of para-hydroxylation sites is 1. The lowest BCUT2D eigenvalue weighted by Gasteiger charge is -2.36. The van der Waals surface area contributed by atoms with Crippen molar-refractivity contribution >= 4 is 27.4 Å². The second-order valence-corrected chi connectivity index (χ2v) is 8.99. The lowest BCUT2D eigenvalue weighted by molar-refractivity contribution is -0.137. The number of alkyl halides is 3. The van der Waals surface area contributed by atoms with Gasteiger partial charge in [-0.3, -0.25) is 4.90 Å². The van der Waals surface area contributed by atoms with Crippen LogP contribution in [0.3, 0.4) is 0 Å². The molecule has 1 aliphatic rings. The fraction of sp³-hybridized carbons (Fsp3) is 0.174. The number of amides is 2. The highest BCUT2D eigenvalue weighted by Crippen LogP contribution is 2.38. The van der Waals surface area contributed by atoms with E-state index in [1.165, 1.54) is 42.5 Å². The number of benzene rings is 3. The van der Waals surface area contributed by atoms with Gasteiger partial charge in [-0.15, -0.1) is 0 Å². The van der Waals surface area contributed by atoms with E-state index in [0.717, 1.165) is 17.0 Å². The number of hydrogen-bond donors (Lipinski definition) is 0. The van der Waals surface area contributed by atoms with Gasteiger partial charge in [0.1, 0.15) is 10.6 Å². The zero-order valence-corrected chi connectivity index (χ0v) is 18.2. The third-order valence-corrected chi connectivity index (χ3v) is 6.80. The third kappa shape index (κ3) is 4.25. The van der Waals surface area contributed by atoms with Crippen LogP contribution in [0.4, 0.5) is 29.3 Å². The molecule has 0 aromatic heterocycles. The number of urea groups is 1. The summed E-state index contributed by atoms with van der Waals surface area (Å²) in [6, 6.07) is 15.5. The number of anilines is 2. The van der Waals surface area contributed by atoms with Crippen LogP contribution in [0, 0.1) is 0 Å². The molecule has 1 aliphatic heterocycles. The van der Waals surface area contributed by atoms with Crippen molar-refractivity contribution in [1.29, 1.82) is 0 Å². The lowest BCUT2D eigenvalue weighted by atomic mass is 10.1. The van der Waals surface area contributed by atoms with Crippen LogP contribution in [0.5, 0.6) is 5.75 Å². The zero-order chi connectivity index (χ0) is 23.8. The van der Waals surface area contributed by atoms with Gasteiger partial charge in [-0.2, -0.15) is 17.5 Å². The Balaban J connectivity index is 1.79. The minimum absolute atomic E-state index is 0.0898. The summed E-state index contributed by atoms with van der Waals surface area (Å²) in [4.78, 5) is 14.5. The molecule has 3 aromatic rings. The number of ether oxygens (including phenoxy) is 1. The molecule has 4 rings (SSSR count). The molecule has 0 saturated heterocycles. The highest BCUT2D eigenvalue weighted by atomic mass is 32.2. The van der Waals surface area contributed by atoms with Gasteiger partial charge in [0.15, 0.2) is 0 Å². The quantitative estimate of drug-likeness (QED) is 0.492. The average Bonchev–Trinajstić information content (AvgIpc) is 2.78. The zero-order valence-electron chi connectivity index (χ0n) is 17.4. The van der Waals surface area contributed by atoms with Crippen molar-refractivity contribution in [3.8, 4) is 5.75 Å². The van der Waals surface area contributed by atoms with E-state index < -0.39 is 27.8 Å². The fourth-order valence-electron chi connectivity index (χ4n) is 3.59. The number of nitrogens with zero attached hydrogens (tertiary/aromatic N) is 2. The Hall–Kier alpha value is -3.53. The van der Waals surface area contributed by atoms with Gasteiger partial charge >= 0.3 is 12.2 Å². The molecular formula is C23H19F3N2O4S. The Labute approximate surface area is 188 Å². The molecule has 0 radical (unpaired) electrons. The van der Waals surface area contributed by atoms with Gasteiger partial charge < -0.3 is 4.74 Å². The minimum atomic E-state index is -4.54.